The summed E-state index contributed by atoms with van der Waals surface area (Å²) in [4.78, 5) is 2.55. The molecule has 3 aromatic carbocycles. The number of aliphatic hydroxyl groups excluding tert-OH is 1. The average Bonchev–Trinajstić information content (AvgIpc) is 2.89. The van der Waals surface area contributed by atoms with Gasteiger partial charge in [-0.25, -0.2) is 0 Å². The van der Waals surface area contributed by atoms with E-state index >= 15 is 0 Å². The molecule has 1 aliphatic heterocycles. The number of likely N-dealkylation sites (tertiary alicyclic amines) is 1. The van der Waals surface area contributed by atoms with Gasteiger partial charge in [-0.05, 0) is 90.9 Å². The third-order valence-corrected chi connectivity index (χ3v) is 6.54. The van der Waals surface area contributed by atoms with Crippen LogP contribution in [0.15, 0.2) is 78.9 Å². The SMILES string of the molecule is OCCC/C(=C(\c1ccc(O)cc1)c1ccc(NCCN2CCCCC2)cc1)c1ccccc1. The van der Waals surface area contributed by atoms with Gasteiger partial charge in [-0.2, -0.15) is 0 Å². The third kappa shape index (κ3) is 6.49. The van der Waals surface area contributed by atoms with Crippen molar-refractivity contribution in [2.45, 2.75) is 32.1 Å². The number of hydrogen-bond acceptors (Lipinski definition) is 4. The molecule has 0 aromatic heterocycles. The maximum atomic E-state index is 9.86. The monoisotopic (exact) mass is 456 g/mol. The van der Waals surface area contributed by atoms with Crippen molar-refractivity contribution < 1.29 is 10.2 Å². The van der Waals surface area contributed by atoms with Gasteiger partial charge in [-0.1, -0.05) is 61.0 Å². The molecule has 1 heterocycles. The van der Waals surface area contributed by atoms with Crippen molar-refractivity contribution in [3.8, 4) is 5.75 Å². The van der Waals surface area contributed by atoms with Gasteiger partial charge in [-0.15, -0.1) is 0 Å². The van der Waals surface area contributed by atoms with E-state index in [1.807, 2.05) is 18.2 Å². The smallest absolute Gasteiger partial charge is 0.115 e. The molecule has 178 valence electrons. The van der Waals surface area contributed by atoms with E-state index in [0.29, 0.717) is 6.42 Å². The molecule has 0 radical (unpaired) electrons. The topological polar surface area (TPSA) is 55.7 Å². The minimum absolute atomic E-state index is 0.152. The summed E-state index contributed by atoms with van der Waals surface area (Å²) in [6.45, 7) is 4.62. The van der Waals surface area contributed by atoms with Crippen LogP contribution in [0, 0.1) is 0 Å². The number of piperidine rings is 1. The van der Waals surface area contributed by atoms with Crippen molar-refractivity contribution in [1.29, 1.82) is 0 Å². The second kappa shape index (κ2) is 12.4. The molecule has 34 heavy (non-hydrogen) atoms. The Bertz CT molecular complexity index is 1040. The van der Waals surface area contributed by atoms with E-state index in [9.17, 15) is 10.2 Å². The highest BCUT2D eigenvalue weighted by molar-refractivity contribution is 5.98. The fraction of sp³-hybridized carbons (Fsp3) is 0.333. The van der Waals surface area contributed by atoms with Crippen LogP contribution in [0.4, 0.5) is 5.69 Å². The summed E-state index contributed by atoms with van der Waals surface area (Å²) >= 11 is 0. The van der Waals surface area contributed by atoms with E-state index < -0.39 is 0 Å². The first-order valence-corrected chi connectivity index (χ1v) is 12.5. The minimum Gasteiger partial charge on any atom is -0.508 e. The largest absolute Gasteiger partial charge is 0.508 e. The van der Waals surface area contributed by atoms with Gasteiger partial charge >= 0.3 is 0 Å². The lowest BCUT2D eigenvalue weighted by molar-refractivity contribution is 0.237. The fourth-order valence-corrected chi connectivity index (χ4v) is 4.75. The van der Waals surface area contributed by atoms with Crippen molar-refractivity contribution in [3.05, 3.63) is 95.6 Å². The Balaban J connectivity index is 1.62. The zero-order valence-electron chi connectivity index (χ0n) is 19.9. The van der Waals surface area contributed by atoms with E-state index in [1.165, 1.54) is 37.9 Å². The van der Waals surface area contributed by atoms with Crippen molar-refractivity contribution in [2.75, 3.05) is 38.1 Å². The highest BCUT2D eigenvalue weighted by Crippen LogP contribution is 2.36. The number of anilines is 1. The second-order valence-corrected chi connectivity index (χ2v) is 9.00. The predicted molar refractivity (Wildman–Crippen MR) is 142 cm³/mol. The molecular formula is C30H36N2O2. The Kier molecular flexibility index (Phi) is 8.78. The predicted octanol–water partition coefficient (Wildman–Crippen LogP) is 6.02. The number of allylic oxidation sites excluding steroid dienone is 1. The number of rotatable bonds is 10. The number of nitrogens with zero attached hydrogens (tertiary/aromatic N) is 1. The van der Waals surface area contributed by atoms with Gasteiger partial charge in [-0.3, -0.25) is 0 Å². The van der Waals surface area contributed by atoms with Gasteiger partial charge in [0.05, 0.1) is 0 Å². The number of benzene rings is 3. The van der Waals surface area contributed by atoms with Gasteiger partial charge < -0.3 is 20.4 Å². The molecule has 3 aromatic rings. The van der Waals surface area contributed by atoms with Crippen molar-refractivity contribution in [3.63, 3.8) is 0 Å². The molecular weight excluding hydrogens is 420 g/mol. The molecule has 1 aliphatic rings. The first-order valence-electron chi connectivity index (χ1n) is 12.5. The van der Waals surface area contributed by atoms with Crippen LogP contribution in [0.2, 0.25) is 0 Å². The van der Waals surface area contributed by atoms with Crippen LogP contribution in [0.25, 0.3) is 11.1 Å². The van der Waals surface area contributed by atoms with Crippen LogP contribution >= 0.6 is 0 Å². The van der Waals surface area contributed by atoms with E-state index in [4.69, 9.17) is 0 Å². The zero-order valence-corrected chi connectivity index (χ0v) is 19.9. The summed E-state index contributed by atoms with van der Waals surface area (Å²) in [5.74, 6) is 0.257. The Labute approximate surface area is 203 Å². The number of aliphatic hydroxyl groups is 1. The van der Waals surface area contributed by atoms with E-state index in [-0.39, 0.29) is 12.4 Å². The molecule has 4 nitrogen and oxygen atoms in total. The average molecular weight is 457 g/mol. The Morgan fingerprint density at radius 3 is 2.06 bits per heavy atom. The van der Waals surface area contributed by atoms with Gasteiger partial charge in [0.1, 0.15) is 5.75 Å². The van der Waals surface area contributed by atoms with E-state index in [1.54, 1.807) is 12.1 Å². The highest BCUT2D eigenvalue weighted by Gasteiger charge is 2.15. The number of nitrogens with one attached hydrogen (secondary N) is 1. The molecule has 0 atom stereocenters. The van der Waals surface area contributed by atoms with Crippen LogP contribution in [-0.4, -0.2) is 47.9 Å². The fourth-order valence-electron chi connectivity index (χ4n) is 4.75. The molecule has 0 aliphatic carbocycles. The van der Waals surface area contributed by atoms with Gasteiger partial charge in [0.25, 0.3) is 0 Å². The van der Waals surface area contributed by atoms with Gasteiger partial charge in [0.2, 0.25) is 0 Å². The van der Waals surface area contributed by atoms with Crippen molar-refractivity contribution in [2.24, 2.45) is 0 Å². The van der Waals surface area contributed by atoms with E-state index in [2.05, 4.69) is 58.7 Å². The zero-order chi connectivity index (χ0) is 23.6. The minimum atomic E-state index is 0.152. The lowest BCUT2D eigenvalue weighted by Crippen LogP contribution is -2.33. The molecule has 4 heteroatoms. The Morgan fingerprint density at radius 1 is 0.765 bits per heavy atom. The molecule has 4 rings (SSSR count). The van der Waals surface area contributed by atoms with Crippen LogP contribution in [0.1, 0.15) is 48.8 Å². The Hall–Kier alpha value is -3.08. The quantitative estimate of drug-likeness (QED) is 0.327. The number of phenolic OH excluding ortho intramolecular Hbond substituents is 1. The summed E-state index contributed by atoms with van der Waals surface area (Å²) in [5.41, 5.74) is 6.81. The van der Waals surface area contributed by atoms with Crippen molar-refractivity contribution in [1.82, 2.24) is 4.90 Å². The maximum absolute atomic E-state index is 9.86. The maximum Gasteiger partial charge on any atom is 0.115 e. The molecule has 1 fully saturated rings. The summed E-state index contributed by atoms with van der Waals surface area (Å²) in [6, 6.07) is 26.5. The molecule has 0 amide bonds. The van der Waals surface area contributed by atoms with Crippen LogP contribution in [0.3, 0.4) is 0 Å². The summed E-state index contributed by atoms with van der Waals surface area (Å²) in [5, 5.41) is 23.0. The number of phenols is 1. The lowest BCUT2D eigenvalue weighted by atomic mass is 9.87. The van der Waals surface area contributed by atoms with E-state index in [0.717, 1.165) is 47.5 Å². The number of aromatic hydroxyl groups is 1. The standard InChI is InChI=1S/C30H36N2O2/c33-23-7-10-29(24-8-3-1-4-9-24)30(26-13-17-28(34)18-14-26)25-11-15-27(16-12-25)31-19-22-32-20-5-2-6-21-32/h1,3-4,8-9,11-18,31,33-34H,2,5-7,10,19-23H2/b30-29+. The normalized spacial score (nSPS) is 15.1. The summed E-state index contributed by atoms with van der Waals surface area (Å²) in [6.07, 6.45) is 5.47. The van der Waals surface area contributed by atoms with Crippen LogP contribution in [-0.2, 0) is 0 Å². The first kappa shape index (κ1) is 24.1. The summed E-state index contributed by atoms with van der Waals surface area (Å²) in [7, 11) is 0. The van der Waals surface area contributed by atoms with Gasteiger partial charge in [0, 0.05) is 25.4 Å². The molecule has 1 saturated heterocycles. The molecule has 0 unspecified atom stereocenters. The van der Waals surface area contributed by atoms with Crippen LogP contribution < -0.4 is 5.32 Å². The summed E-state index contributed by atoms with van der Waals surface area (Å²) < 4.78 is 0. The first-order chi connectivity index (χ1) is 16.7. The molecule has 3 N–H and O–H groups in total. The number of hydrogen-bond donors (Lipinski definition) is 3. The molecule has 0 spiro atoms. The lowest BCUT2D eigenvalue weighted by Gasteiger charge is -2.26. The highest BCUT2D eigenvalue weighted by atomic mass is 16.3. The van der Waals surface area contributed by atoms with Gasteiger partial charge in [0.15, 0.2) is 0 Å². The van der Waals surface area contributed by atoms with Crippen molar-refractivity contribution >= 4 is 16.8 Å². The third-order valence-electron chi connectivity index (χ3n) is 6.54. The molecule has 0 saturated carbocycles. The Morgan fingerprint density at radius 2 is 1.41 bits per heavy atom. The second-order valence-electron chi connectivity index (χ2n) is 9.00. The van der Waals surface area contributed by atoms with Crippen LogP contribution in [0.5, 0.6) is 5.75 Å². The molecule has 0 bridgehead atoms.